The van der Waals surface area contributed by atoms with Gasteiger partial charge in [-0.2, -0.15) is 0 Å². The summed E-state index contributed by atoms with van der Waals surface area (Å²) in [4.78, 5) is 41.8. The Balaban J connectivity index is 0.00000342. The van der Waals surface area contributed by atoms with E-state index in [0.29, 0.717) is 16.1 Å². The number of aryl methyl sites for hydroxylation is 1. The first kappa shape index (κ1) is 25.5. The van der Waals surface area contributed by atoms with Gasteiger partial charge < -0.3 is 20.3 Å². The Morgan fingerprint density at radius 1 is 0.971 bits per heavy atom. The van der Waals surface area contributed by atoms with Gasteiger partial charge in [-0.3, -0.25) is 14.4 Å². The van der Waals surface area contributed by atoms with Gasteiger partial charge in [0.1, 0.15) is 11.6 Å². The second-order valence-electron chi connectivity index (χ2n) is 7.44. The van der Waals surface area contributed by atoms with Crippen LogP contribution in [-0.2, 0) is 7.05 Å². The number of halogens is 2. The second-order valence-corrected chi connectivity index (χ2v) is 7.87. The highest BCUT2D eigenvalue weighted by Crippen LogP contribution is 2.29. The molecule has 2 amide bonds. The Hall–Kier alpha value is -4.14. The monoisotopic (exact) mass is 510 g/mol. The number of anilines is 2. The maximum absolute atomic E-state index is 12.9. The van der Waals surface area contributed by atoms with E-state index in [-0.39, 0.29) is 46.2 Å². The Kier molecular flexibility index (Phi) is 7.91. The van der Waals surface area contributed by atoms with Crippen molar-refractivity contribution in [3.8, 4) is 16.9 Å². The molecule has 10 heteroatoms. The standard InChI is InChI=1S/C25H19ClN4O4.ClH/c1-30-12-11-20(31)19(14-30)15-5-7-16(8-6-15)24(33)29-23-18(3-2-4-21(23)32)25(34)28-22-10-9-17(26)13-27-22;/h2-14,32H,1H3,(H,29,33)(H,27,28,34);1H. The summed E-state index contributed by atoms with van der Waals surface area (Å²) in [5.41, 5.74) is 1.33. The van der Waals surface area contributed by atoms with Crippen molar-refractivity contribution >= 4 is 47.3 Å². The molecule has 2 aromatic heterocycles. The topological polar surface area (TPSA) is 113 Å². The van der Waals surface area contributed by atoms with Crippen LogP contribution >= 0.6 is 24.0 Å². The molecule has 0 saturated carbocycles. The van der Waals surface area contributed by atoms with E-state index in [0.717, 1.165) is 0 Å². The molecule has 2 aromatic carbocycles. The quantitative estimate of drug-likeness (QED) is 0.335. The number of amides is 2. The molecule has 0 atom stereocenters. The lowest BCUT2D eigenvalue weighted by molar-refractivity contribution is 0.102. The fourth-order valence-electron chi connectivity index (χ4n) is 3.28. The Morgan fingerprint density at radius 3 is 2.40 bits per heavy atom. The molecule has 0 aliphatic rings. The number of carbonyl (C=O) groups excluding carboxylic acids is 2. The van der Waals surface area contributed by atoms with Crippen LogP contribution in [0.4, 0.5) is 11.5 Å². The predicted molar refractivity (Wildman–Crippen MR) is 138 cm³/mol. The molecule has 0 unspecified atom stereocenters. The molecular formula is C25H20Cl2N4O4. The summed E-state index contributed by atoms with van der Waals surface area (Å²) >= 11 is 5.81. The van der Waals surface area contributed by atoms with E-state index in [2.05, 4.69) is 15.6 Å². The average molecular weight is 511 g/mol. The van der Waals surface area contributed by atoms with Gasteiger partial charge in [0.2, 0.25) is 0 Å². The van der Waals surface area contributed by atoms with Crippen molar-refractivity contribution in [2.24, 2.45) is 7.05 Å². The van der Waals surface area contributed by atoms with Crippen LogP contribution in [0, 0.1) is 0 Å². The fourth-order valence-corrected chi connectivity index (χ4v) is 3.39. The number of hydrogen-bond donors (Lipinski definition) is 3. The SMILES string of the molecule is Cl.Cn1ccc(=O)c(-c2ccc(C(=O)Nc3c(O)cccc3C(=O)Nc3ccc(Cl)cn3)cc2)c1. The second kappa shape index (κ2) is 10.9. The van der Waals surface area contributed by atoms with Gasteiger partial charge in [0.25, 0.3) is 11.8 Å². The van der Waals surface area contributed by atoms with E-state index in [9.17, 15) is 19.5 Å². The van der Waals surface area contributed by atoms with E-state index in [1.807, 2.05) is 7.05 Å². The van der Waals surface area contributed by atoms with Crippen LogP contribution < -0.4 is 16.1 Å². The van der Waals surface area contributed by atoms with Crippen molar-refractivity contribution in [2.75, 3.05) is 10.6 Å². The number of pyridine rings is 2. The number of phenolic OH excluding ortho intramolecular Hbond substituents is 1. The molecule has 0 bridgehead atoms. The summed E-state index contributed by atoms with van der Waals surface area (Å²) in [6.45, 7) is 0. The van der Waals surface area contributed by atoms with Crippen LogP contribution in [0.1, 0.15) is 20.7 Å². The number of phenols is 1. The van der Waals surface area contributed by atoms with Crippen LogP contribution in [0.5, 0.6) is 5.75 Å². The minimum Gasteiger partial charge on any atom is -0.506 e. The van der Waals surface area contributed by atoms with Crippen LogP contribution in [0.15, 0.2) is 84.0 Å². The molecule has 0 aliphatic carbocycles. The molecule has 0 saturated heterocycles. The van der Waals surface area contributed by atoms with Gasteiger partial charge in [-0.1, -0.05) is 29.8 Å². The summed E-state index contributed by atoms with van der Waals surface area (Å²) < 4.78 is 1.77. The average Bonchev–Trinajstić information content (AvgIpc) is 2.83. The summed E-state index contributed by atoms with van der Waals surface area (Å²) in [5, 5.41) is 15.9. The zero-order valence-electron chi connectivity index (χ0n) is 18.4. The normalized spacial score (nSPS) is 10.2. The summed E-state index contributed by atoms with van der Waals surface area (Å²) in [6, 6.07) is 15.4. The third-order valence-electron chi connectivity index (χ3n) is 5.01. The molecule has 4 rings (SSSR count). The smallest absolute Gasteiger partial charge is 0.259 e. The van der Waals surface area contributed by atoms with E-state index >= 15 is 0 Å². The summed E-state index contributed by atoms with van der Waals surface area (Å²) in [6.07, 6.45) is 4.76. The third-order valence-corrected chi connectivity index (χ3v) is 5.24. The molecule has 0 spiro atoms. The first-order valence-corrected chi connectivity index (χ1v) is 10.5. The summed E-state index contributed by atoms with van der Waals surface area (Å²) in [5.74, 6) is -1.11. The molecular weight excluding hydrogens is 491 g/mol. The van der Waals surface area contributed by atoms with Crippen LogP contribution in [0.25, 0.3) is 11.1 Å². The molecule has 178 valence electrons. The number of hydrogen-bond acceptors (Lipinski definition) is 5. The number of aromatic nitrogens is 2. The lowest BCUT2D eigenvalue weighted by Crippen LogP contribution is -2.19. The number of carbonyl (C=O) groups is 2. The van der Waals surface area contributed by atoms with Crippen LogP contribution in [-0.4, -0.2) is 26.5 Å². The van der Waals surface area contributed by atoms with Gasteiger partial charge in [0.05, 0.1) is 16.3 Å². The first-order chi connectivity index (χ1) is 16.3. The Labute approximate surface area is 211 Å². The zero-order valence-corrected chi connectivity index (χ0v) is 19.9. The maximum Gasteiger partial charge on any atom is 0.259 e. The van der Waals surface area contributed by atoms with E-state index in [1.54, 1.807) is 47.3 Å². The number of benzene rings is 2. The van der Waals surface area contributed by atoms with Crippen LogP contribution in [0.3, 0.4) is 0 Å². The predicted octanol–water partition coefficient (Wildman–Crippen LogP) is 4.73. The molecule has 0 radical (unpaired) electrons. The highest BCUT2D eigenvalue weighted by molar-refractivity contribution is 6.30. The lowest BCUT2D eigenvalue weighted by Gasteiger charge is -2.13. The van der Waals surface area contributed by atoms with E-state index < -0.39 is 11.8 Å². The molecule has 2 heterocycles. The van der Waals surface area contributed by atoms with Gasteiger partial charge >= 0.3 is 0 Å². The summed E-state index contributed by atoms with van der Waals surface area (Å²) in [7, 11) is 1.81. The Bertz CT molecular complexity index is 1440. The van der Waals surface area contributed by atoms with Gasteiger partial charge in [0, 0.05) is 42.8 Å². The van der Waals surface area contributed by atoms with Crippen molar-refractivity contribution in [2.45, 2.75) is 0 Å². The largest absolute Gasteiger partial charge is 0.506 e. The van der Waals surface area contributed by atoms with Gasteiger partial charge in [-0.25, -0.2) is 4.98 Å². The van der Waals surface area contributed by atoms with Crippen molar-refractivity contribution in [1.29, 1.82) is 0 Å². The number of para-hydroxylation sites is 1. The van der Waals surface area contributed by atoms with Crippen molar-refractivity contribution in [3.63, 3.8) is 0 Å². The maximum atomic E-state index is 12.9. The zero-order chi connectivity index (χ0) is 24.2. The molecule has 8 nitrogen and oxygen atoms in total. The van der Waals surface area contributed by atoms with E-state index in [4.69, 9.17) is 11.6 Å². The Morgan fingerprint density at radius 2 is 1.71 bits per heavy atom. The van der Waals surface area contributed by atoms with Crippen molar-refractivity contribution in [3.05, 3.63) is 106 Å². The molecule has 0 fully saturated rings. The third kappa shape index (κ3) is 5.87. The number of nitrogens with one attached hydrogen (secondary N) is 2. The van der Waals surface area contributed by atoms with Crippen molar-refractivity contribution in [1.82, 2.24) is 9.55 Å². The van der Waals surface area contributed by atoms with Gasteiger partial charge in [-0.05, 0) is 42.0 Å². The van der Waals surface area contributed by atoms with Gasteiger partial charge in [0.15, 0.2) is 5.43 Å². The molecule has 0 aliphatic heterocycles. The van der Waals surface area contributed by atoms with Gasteiger partial charge in [-0.15, -0.1) is 12.4 Å². The minimum absolute atomic E-state index is 0. The number of rotatable bonds is 5. The molecule has 4 aromatic rings. The molecule has 3 N–H and O–H groups in total. The van der Waals surface area contributed by atoms with E-state index in [1.165, 1.54) is 36.5 Å². The number of nitrogens with zero attached hydrogens (tertiary/aromatic N) is 2. The highest BCUT2D eigenvalue weighted by atomic mass is 35.5. The number of aromatic hydroxyl groups is 1. The van der Waals surface area contributed by atoms with Crippen molar-refractivity contribution < 1.29 is 14.7 Å². The highest BCUT2D eigenvalue weighted by Gasteiger charge is 2.18. The van der Waals surface area contributed by atoms with Crippen LogP contribution in [0.2, 0.25) is 5.02 Å². The first-order valence-electron chi connectivity index (χ1n) is 10.1. The lowest BCUT2D eigenvalue weighted by atomic mass is 10.0. The fraction of sp³-hybridized carbons (Fsp3) is 0.0400. The molecule has 35 heavy (non-hydrogen) atoms. The minimum atomic E-state index is -0.573.